The van der Waals surface area contributed by atoms with Gasteiger partial charge in [-0.2, -0.15) is 0 Å². The molecule has 2 rings (SSSR count). The zero-order chi connectivity index (χ0) is 15.7. The number of urea groups is 1. The van der Waals surface area contributed by atoms with Gasteiger partial charge in [0, 0.05) is 7.05 Å². The van der Waals surface area contributed by atoms with Gasteiger partial charge in [-0.3, -0.25) is 4.79 Å². The van der Waals surface area contributed by atoms with Crippen molar-refractivity contribution >= 4 is 29.4 Å². The molecule has 2 heterocycles. The Morgan fingerprint density at radius 3 is 2.62 bits per heavy atom. The summed E-state index contributed by atoms with van der Waals surface area (Å²) < 4.78 is 0. The first-order valence-electron chi connectivity index (χ1n) is 7.13. The SMILES string of the molecule is CCCCC1C(=O)N(c2nc(C)c(Cl)cc2C)C(=O)N1C. The van der Waals surface area contributed by atoms with Crippen LogP contribution in [0, 0.1) is 13.8 Å². The summed E-state index contributed by atoms with van der Waals surface area (Å²) in [5, 5.41) is 0.534. The summed E-state index contributed by atoms with van der Waals surface area (Å²) >= 11 is 6.03. The molecular weight excluding hydrogens is 290 g/mol. The Hall–Kier alpha value is -1.62. The summed E-state index contributed by atoms with van der Waals surface area (Å²) in [7, 11) is 1.67. The van der Waals surface area contributed by atoms with Gasteiger partial charge in [0.15, 0.2) is 0 Å². The zero-order valence-electron chi connectivity index (χ0n) is 12.8. The molecule has 0 spiro atoms. The third kappa shape index (κ3) is 2.75. The minimum absolute atomic E-state index is 0.201. The van der Waals surface area contributed by atoms with Crippen molar-refractivity contribution in [3.05, 3.63) is 22.3 Å². The lowest BCUT2D eigenvalue weighted by molar-refractivity contribution is -0.119. The Morgan fingerprint density at radius 1 is 1.33 bits per heavy atom. The number of carbonyl (C=O) groups is 2. The lowest BCUT2D eigenvalue weighted by atomic mass is 10.1. The fraction of sp³-hybridized carbons (Fsp3) is 0.533. The van der Waals surface area contributed by atoms with Crippen molar-refractivity contribution in [3.63, 3.8) is 0 Å². The zero-order valence-corrected chi connectivity index (χ0v) is 13.6. The highest BCUT2D eigenvalue weighted by atomic mass is 35.5. The van der Waals surface area contributed by atoms with Crippen LogP contribution in [-0.2, 0) is 4.79 Å². The van der Waals surface area contributed by atoms with Crippen LogP contribution in [-0.4, -0.2) is 34.9 Å². The second kappa shape index (κ2) is 6.02. The molecule has 0 radical (unpaired) electrons. The maximum absolute atomic E-state index is 12.6. The van der Waals surface area contributed by atoms with Crippen LogP contribution >= 0.6 is 11.6 Å². The number of nitrogens with zero attached hydrogens (tertiary/aromatic N) is 3. The van der Waals surface area contributed by atoms with E-state index < -0.39 is 6.04 Å². The van der Waals surface area contributed by atoms with E-state index >= 15 is 0 Å². The second-order valence-electron chi connectivity index (χ2n) is 5.42. The molecule has 1 aromatic rings. The molecule has 0 N–H and O–H groups in total. The molecule has 0 saturated carbocycles. The van der Waals surface area contributed by atoms with Crippen LogP contribution in [0.25, 0.3) is 0 Å². The minimum Gasteiger partial charge on any atom is -0.315 e. The van der Waals surface area contributed by atoms with E-state index in [0.29, 0.717) is 23.0 Å². The third-order valence-electron chi connectivity index (χ3n) is 3.82. The van der Waals surface area contributed by atoms with Gasteiger partial charge in [0.1, 0.15) is 11.9 Å². The van der Waals surface area contributed by atoms with Crippen molar-refractivity contribution in [1.29, 1.82) is 0 Å². The standard InChI is InChI=1S/C15H20ClN3O2/c1-5-6-7-12-14(20)19(15(21)18(12)4)13-9(2)8-11(16)10(3)17-13/h8,12H,5-7H2,1-4H3. The Balaban J connectivity index is 2.38. The smallest absolute Gasteiger partial charge is 0.315 e. The van der Waals surface area contributed by atoms with Gasteiger partial charge in [-0.1, -0.05) is 31.4 Å². The number of amides is 3. The highest BCUT2D eigenvalue weighted by molar-refractivity contribution is 6.31. The quantitative estimate of drug-likeness (QED) is 0.802. The van der Waals surface area contributed by atoms with Crippen molar-refractivity contribution in [2.45, 2.75) is 46.1 Å². The molecule has 0 aliphatic carbocycles. The van der Waals surface area contributed by atoms with Gasteiger partial charge < -0.3 is 4.90 Å². The van der Waals surface area contributed by atoms with Crippen molar-refractivity contribution in [1.82, 2.24) is 9.88 Å². The Labute approximate surface area is 129 Å². The third-order valence-corrected chi connectivity index (χ3v) is 4.21. The van der Waals surface area contributed by atoms with E-state index in [1.165, 1.54) is 9.80 Å². The number of anilines is 1. The van der Waals surface area contributed by atoms with Gasteiger partial charge in [0.05, 0.1) is 10.7 Å². The number of likely N-dealkylation sites (N-methyl/N-ethyl adjacent to an activating group) is 1. The number of pyridine rings is 1. The summed E-state index contributed by atoms with van der Waals surface area (Å²) in [6, 6.07) is 1.02. The molecule has 114 valence electrons. The number of halogens is 1. The van der Waals surface area contributed by atoms with Crippen LogP contribution in [0.2, 0.25) is 5.02 Å². The Bertz CT molecular complexity index is 589. The van der Waals surface area contributed by atoms with E-state index in [-0.39, 0.29) is 11.9 Å². The van der Waals surface area contributed by atoms with Crippen LogP contribution in [0.5, 0.6) is 0 Å². The second-order valence-corrected chi connectivity index (χ2v) is 5.83. The number of aryl methyl sites for hydroxylation is 2. The monoisotopic (exact) mass is 309 g/mol. The lowest BCUT2D eigenvalue weighted by Crippen LogP contribution is -2.33. The van der Waals surface area contributed by atoms with Crippen LogP contribution in [0.15, 0.2) is 6.07 Å². The molecule has 5 nitrogen and oxygen atoms in total. The first kappa shape index (κ1) is 15.8. The van der Waals surface area contributed by atoms with Gasteiger partial charge >= 0.3 is 6.03 Å². The van der Waals surface area contributed by atoms with Crippen molar-refractivity contribution in [2.24, 2.45) is 0 Å². The first-order chi connectivity index (χ1) is 9.88. The van der Waals surface area contributed by atoms with Gasteiger partial charge in [-0.15, -0.1) is 0 Å². The van der Waals surface area contributed by atoms with Gasteiger partial charge in [0.25, 0.3) is 5.91 Å². The van der Waals surface area contributed by atoms with Crippen LogP contribution in [0.3, 0.4) is 0 Å². The first-order valence-corrected chi connectivity index (χ1v) is 7.50. The summed E-state index contributed by atoms with van der Waals surface area (Å²) in [5.74, 6) is 0.186. The summed E-state index contributed by atoms with van der Waals surface area (Å²) in [6.07, 6.45) is 2.58. The van der Waals surface area contributed by atoms with E-state index in [0.717, 1.165) is 18.4 Å². The molecule has 1 aromatic heterocycles. The minimum atomic E-state index is -0.394. The number of unbranched alkanes of at least 4 members (excludes halogenated alkanes) is 1. The van der Waals surface area contributed by atoms with Gasteiger partial charge in [-0.25, -0.2) is 14.7 Å². The molecule has 1 saturated heterocycles. The maximum Gasteiger partial charge on any atom is 0.333 e. The van der Waals surface area contributed by atoms with Crippen LogP contribution < -0.4 is 4.90 Å². The number of aromatic nitrogens is 1. The molecule has 1 aliphatic heterocycles. The van der Waals surface area contributed by atoms with E-state index in [1.54, 1.807) is 27.0 Å². The molecule has 0 bridgehead atoms. The van der Waals surface area contributed by atoms with E-state index in [1.807, 2.05) is 0 Å². The number of hydrogen-bond acceptors (Lipinski definition) is 3. The summed E-state index contributed by atoms with van der Waals surface area (Å²) in [4.78, 5) is 32.0. The summed E-state index contributed by atoms with van der Waals surface area (Å²) in [6.45, 7) is 5.62. The number of carbonyl (C=O) groups excluding carboxylic acids is 2. The highest BCUT2D eigenvalue weighted by Gasteiger charge is 2.44. The van der Waals surface area contributed by atoms with E-state index in [2.05, 4.69) is 11.9 Å². The number of imide groups is 1. The number of rotatable bonds is 4. The average molecular weight is 310 g/mol. The fourth-order valence-corrected chi connectivity index (χ4v) is 2.70. The Kier molecular flexibility index (Phi) is 4.52. The van der Waals surface area contributed by atoms with Crippen molar-refractivity contribution in [3.8, 4) is 0 Å². The predicted molar refractivity (Wildman–Crippen MR) is 82.7 cm³/mol. The van der Waals surface area contributed by atoms with E-state index in [9.17, 15) is 9.59 Å². The van der Waals surface area contributed by atoms with Gasteiger partial charge in [0.2, 0.25) is 0 Å². The van der Waals surface area contributed by atoms with E-state index in [4.69, 9.17) is 11.6 Å². The maximum atomic E-state index is 12.6. The van der Waals surface area contributed by atoms with Crippen LogP contribution in [0.4, 0.5) is 10.6 Å². The molecule has 0 aromatic carbocycles. The molecule has 1 fully saturated rings. The van der Waals surface area contributed by atoms with Crippen molar-refractivity contribution < 1.29 is 9.59 Å². The largest absolute Gasteiger partial charge is 0.333 e. The predicted octanol–water partition coefficient (Wildman–Crippen LogP) is 3.31. The fourth-order valence-electron chi connectivity index (χ4n) is 2.50. The normalized spacial score (nSPS) is 18.8. The Morgan fingerprint density at radius 2 is 2.00 bits per heavy atom. The highest BCUT2D eigenvalue weighted by Crippen LogP contribution is 2.29. The van der Waals surface area contributed by atoms with Crippen LogP contribution in [0.1, 0.15) is 37.4 Å². The van der Waals surface area contributed by atoms with Crippen molar-refractivity contribution in [2.75, 3.05) is 11.9 Å². The molecule has 1 unspecified atom stereocenters. The summed E-state index contributed by atoms with van der Waals surface area (Å²) in [5.41, 5.74) is 1.33. The average Bonchev–Trinajstić information content (AvgIpc) is 2.64. The molecule has 3 amide bonds. The molecule has 1 atom stereocenters. The topological polar surface area (TPSA) is 53.5 Å². The lowest BCUT2D eigenvalue weighted by Gasteiger charge is -2.16. The molecule has 1 aliphatic rings. The molecular formula is C15H20ClN3O2. The van der Waals surface area contributed by atoms with Gasteiger partial charge in [-0.05, 0) is 31.9 Å². The molecule has 21 heavy (non-hydrogen) atoms. The molecule has 6 heteroatoms. The number of hydrogen-bond donors (Lipinski definition) is 0.